The zero-order valence-electron chi connectivity index (χ0n) is 8.42. The van der Waals surface area contributed by atoms with E-state index in [1.165, 1.54) is 6.07 Å². The number of aromatic amines is 1. The van der Waals surface area contributed by atoms with Crippen LogP contribution in [0.5, 0.6) is 0 Å². The van der Waals surface area contributed by atoms with Crippen molar-refractivity contribution in [2.75, 3.05) is 0 Å². The van der Waals surface area contributed by atoms with Crippen LogP contribution in [0.2, 0.25) is 0 Å². The van der Waals surface area contributed by atoms with Crippen LogP contribution >= 0.6 is 0 Å². The van der Waals surface area contributed by atoms with Crippen molar-refractivity contribution in [2.45, 2.75) is 0 Å². The van der Waals surface area contributed by atoms with Gasteiger partial charge in [-0.25, -0.2) is 9.50 Å². The van der Waals surface area contributed by atoms with Crippen LogP contribution in [0, 0.1) is 0 Å². The summed E-state index contributed by atoms with van der Waals surface area (Å²) in [4.78, 5) is 15.5. The Morgan fingerprint density at radius 3 is 2.75 bits per heavy atom. The number of fused-ring (bicyclic) bond motifs is 1. The molecule has 78 valence electrons. The number of benzene rings is 1. The van der Waals surface area contributed by atoms with E-state index in [-0.39, 0.29) is 5.56 Å². The second-order valence-corrected chi connectivity index (χ2v) is 3.53. The third-order valence-corrected chi connectivity index (χ3v) is 2.42. The SMILES string of the molecule is O=c1cc2nc(-c3ccccc3)ccn2[nH]1. The molecule has 0 atom stereocenters. The highest BCUT2D eigenvalue weighted by atomic mass is 16.1. The highest BCUT2D eigenvalue weighted by Crippen LogP contribution is 2.15. The van der Waals surface area contributed by atoms with Gasteiger partial charge >= 0.3 is 0 Å². The van der Waals surface area contributed by atoms with Crippen molar-refractivity contribution in [3.05, 3.63) is 59.0 Å². The lowest BCUT2D eigenvalue weighted by Gasteiger charge is -2.00. The molecule has 0 radical (unpaired) electrons. The van der Waals surface area contributed by atoms with Gasteiger partial charge in [0.05, 0.1) is 5.69 Å². The van der Waals surface area contributed by atoms with Gasteiger partial charge in [-0.15, -0.1) is 0 Å². The van der Waals surface area contributed by atoms with Gasteiger partial charge in [0.1, 0.15) is 0 Å². The summed E-state index contributed by atoms with van der Waals surface area (Å²) in [6, 6.07) is 13.2. The van der Waals surface area contributed by atoms with Crippen LogP contribution in [0.1, 0.15) is 0 Å². The summed E-state index contributed by atoms with van der Waals surface area (Å²) in [5, 5.41) is 2.64. The molecule has 0 amide bonds. The number of nitrogens with one attached hydrogen (secondary N) is 1. The molecule has 4 heteroatoms. The van der Waals surface area contributed by atoms with Gasteiger partial charge in [-0.1, -0.05) is 30.3 Å². The van der Waals surface area contributed by atoms with E-state index in [1.54, 1.807) is 10.7 Å². The number of hydrogen-bond acceptors (Lipinski definition) is 2. The number of rotatable bonds is 1. The van der Waals surface area contributed by atoms with Crippen molar-refractivity contribution >= 4 is 5.65 Å². The van der Waals surface area contributed by atoms with Crippen LogP contribution in [0.25, 0.3) is 16.9 Å². The Morgan fingerprint density at radius 2 is 1.94 bits per heavy atom. The molecule has 0 aliphatic carbocycles. The molecule has 0 bridgehead atoms. The largest absolute Gasteiger partial charge is 0.268 e. The minimum atomic E-state index is -0.141. The van der Waals surface area contributed by atoms with E-state index in [9.17, 15) is 4.79 Å². The van der Waals surface area contributed by atoms with Crippen LogP contribution in [-0.2, 0) is 0 Å². The molecule has 2 aromatic heterocycles. The van der Waals surface area contributed by atoms with E-state index in [0.717, 1.165) is 11.3 Å². The summed E-state index contributed by atoms with van der Waals surface area (Å²) in [6.45, 7) is 0. The predicted octanol–water partition coefficient (Wildman–Crippen LogP) is 1.69. The van der Waals surface area contributed by atoms with Crippen molar-refractivity contribution in [1.82, 2.24) is 14.6 Å². The zero-order valence-corrected chi connectivity index (χ0v) is 8.42. The van der Waals surface area contributed by atoms with E-state index in [2.05, 4.69) is 10.1 Å². The van der Waals surface area contributed by atoms with Crippen LogP contribution in [0.15, 0.2) is 53.5 Å². The predicted molar refractivity (Wildman–Crippen MR) is 61.2 cm³/mol. The monoisotopic (exact) mass is 211 g/mol. The maximum Gasteiger partial charge on any atom is 0.266 e. The molecule has 3 aromatic rings. The van der Waals surface area contributed by atoms with Gasteiger partial charge in [0, 0.05) is 17.8 Å². The van der Waals surface area contributed by atoms with Crippen molar-refractivity contribution in [3.63, 3.8) is 0 Å². The number of nitrogens with zero attached hydrogens (tertiary/aromatic N) is 2. The molecule has 0 fully saturated rings. The topological polar surface area (TPSA) is 50.2 Å². The summed E-state index contributed by atoms with van der Waals surface area (Å²) < 4.78 is 1.61. The highest BCUT2D eigenvalue weighted by Gasteiger charge is 2.01. The van der Waals surface area contributed by atoms with Gasteiger partial charge in [0.15, 0.2) is 5.65 Å². The van der Waals surface area contributed by atoms with E-state index in [0.29, 0.717) is 5.65 Å². The van der Waals surface area contributed by atoms with Gasteiger partial charge in [-0.05, 0) is 6.07 Å². The first-order chi connectivity index (χ1) is 7.83. The first-order valence-electron chi connectivity index (χ1n) is 4.97. The highest BCUT2D eigenvalue weighted by molar-refractivity contribution is 5.60. The lowest BCUT2D eigenvalue weighted by molar-refractivity contribution is 0.921. The Morgan fingerprint density at radius 1 is 1.12 bits per heavy atom. The van der Waals surface area contributed by atoms with Gasteiger partial charge in [0.25, 0.3) is 5.56 Å². The number of aromatic nitrogens is 3. The fraction of sp³-hybridized carbons (Fsp3) is 0. The number of hydrogen-bond donors (Lipinski definition) is 1. The second kappa shape index (κ2) is 3.34. The molecule has 1 aromatic carbocycles. The Kier molecular flexibility index (Phi) is 1.86. The summed E-state index contributed by atoms with van der Waals surface area (Å²) in [7, 11) is 0. The Hall–Kier alpha value is -2.36. The summed E-state index contributed by atoms with van der Waals surface area (Å²) in [6.07, 6.45) is 1.80. The zero-order chi connectivity index (χ0) is 11.0. The van der Waals surface area contributed by atoms with Crippen LogP contribution in [0.3, 0.4) is 0 Å². The summed E-state index contributed by atoms with van der Waals surface area (Å²) in [5.41, 5.74) is 2.39. The maximum atomic E-state index is 11.1. The van der Waals surface area contributed by atoms with Crippen LogP contribution in [0.4, 0.5) is 0 Å². The lowest BCUT2D eigenvalue weighted by Crippen LogP contribution is -1.98. The van der Waals surface area contributed by atoms with Crippen molar-refractivity contribution in [1.29, 1.82) is 0 Å². The van der Waals surface area contributed by atoms with Crippen molar-refractivity contribution < 1.29 is 0 Å². The molecule has 2 heterocycles. The van der Waals surface area contributed by atoms with Crippen LogP contribution in [-0.4, -0.2) is 14.6 Å². The maximum absolute atomic E-state index is 11.1. The molecule has 0 saturated heterocycles. The average Bonchev–Trinajstić information content (AvgIpc) is 2.69. The molecule has 0 unspecified atom stereocenters. The van der Waals surface area contributed by atoms with Crippen molar-refractivity contribution in [2.24, 2.45) is 0 Å². The van der Waals surface area contributed by atoms with Gasteiger partial charge in [-0.2, -0.15) is 0 Å². The normalized spacial score (nSPS) is 10.8. The average molecular weight is 211 g/mol. The van der Waals surface area contributed by atoms with Gasteiger partial charge < -0.3 is 0 Å². The molecule has 4 nitrogen and oxygen atoms in total. The lowest BCUT2D eigenvalue weighted by atomic mass is 10.1. The van der Waals surface area contributed by atoms with E-state index < -0.39 is 0 Å². The fourth-order valence-electron chi connectivity index (χ4n) is 1.67. The molecule has 1 N–H and O–H groups in total. The molecule has 0 aliphatic rings. The molecular formula is C12H9N3O. The molecule has 16 heavy (non-hydrogen) atoms. The van der Waals surface area contributed by atoms with Crippen molar-refractivity contribution in [3.8, 4) is 11.3 Å². The molecule has 0 aliphatic heterocycles. The molecule has 3 rings (SSSR count). The Labute approximate surface area is 91.2 Å². The molecule has 0 spiro atoms. The standard InChI is InChI=1S/C12H9N3O/c16-12-8-11-13-10(6-7-15(11)14-12)9-4-2-1-3-5-9/h1-8H,(H,14,16). The van der Waals surface area contributed by atoms with E-state index >= 15 is 0 Å². The van der Waals surface area contributed by atoms with E-state index in [4.69, 9.17) is 0 Å². The first kappa shape index (κ1) is 8.91. The quantitative estimate of drug-likeness (QED) is 0.665. The first-order valence-corrected chi connectivity index (χ1v) is 4.97. The smallest absolute Gasteiger partial charge is 0.266 e. The van der Waals surface area contributed by atoms with E-state index in [1.807, 2.05) is 36.4 Å². The number of H-pyrrole nitrogens is 1. The van der Waals surface area contributed by atoms with Gasteiger partial charge in [0.2, 0.25) is 0 Å². The summed E-state index contributed by atoms with van der Waals surface area (Å²) in [5.74, 6) is 0. The summed E-state index contributed by atoms with van der Waals surface area (Å²) >= 11 is 0. The molecule has 0 saturated carbocycles. The fourth-order valence-corrected chi connectivity index (χ4v) is 1.67. The Balaban J connectivity index is 2.22. The molecular weight excluding hydrogens is 202 g/mol. The second-order valence-electron chi connectivity index (χ2n) is 3.53. The minimum absolute atomic E-state index is 0.141. The Bertz CT molecular complexity index is 682. The van der Waals surface area contributed by atoms with Crippen LogP contribution < -0.4 is 5.56 Å². The minimum Gasteiger partial charge on any atom is -0.268 e. The van der Waals surface area contributed by atoms with Gasteiger partial charge in [-0.3, -0.25) is 9.89 Å². The third kappa shape index (κ3) is 1.40. The third-order valence-electron chi connectivity index (χ3n) is 2.42.